The zero-order valence-electron chi connectivity index (χ0n) is 10.8. The second kappa shape index (κ2) is 7.23. The van der Waals surface area contributed by atoms with Crippen molar-refractivity contribution in [2.45, 2.75) is 50.4 Å². The highest BCUT2D eigenvalue weighted by atomic mass is 32.2. The average molecular weight is 243 g/mol. The summed E-state index contributed by atoms with van der Waals surface area (Å²) in [5.41, 5.74) is 0. The molecule has 0 aromatic rings. The average Bonchev–Trinajstić information content (AvgIpc) is 2.37. The van der Waals surface area contributed by atoms with E-state index in [1.165, 1.54) is 12.8 Å². The van der Waals surface area contributed by atoms with Gasteiger partial charge in [-0.1, -0.05) is 13.8 Å². The Bertz CT molecular complexity index is 206. The molecule has 1 rings (SSSR count). The van der Waals surface area contributed by atoms with E-state index in [0.29, 0.717) is 10.9 Å². The van der Waals surface area contributed by atoms with Gasteiger partial charge in [-0.25, -0.2) is 0 Å². The molecule has 0 fully saturated rings. The summed E-state index contributed by atoms with van der Waals surface area (Å²) in [4.78, 5) is 0. The highest BCUT2D eigenvalue weighted by Crippen LogP contribution is 2.29. The fourth-order valence-electron chi connectivity index (χ4n) is 2.06. The Kier molecular flexibility index (Phi) is 6.29. The van der Waals surface area contributed by atoms with E-state index in [9.17, 15) is 0 Å². The summed E-state index contributed by atoms with van der Waals surface area (Å²) < 4.78 is 5.95. The summed E-state index contributed by atoms with van der Waals surface area (Å²) >= 11 is 1.99. The predicted molar refractivity (Wildman–Crippen MR) is 72.9 cm³/mol. The Morgan fingerprint density at radius 3 is 2.69 bits per heavy atom. The fourth-order valence-corrected chi connectivity index (χ4v) is 2.88. The van der Waals surface area contributed by atoms with Crippen LogP contribution in [0.3, 0.4) is 0 Å². The minimum atomic E-state index is 0.373. The molecule has 0 amide bonds. The molecular weight excluding hydrogens is 218 g/mol. The summed E-state index contributed by atoms with van der Waals surface area (Å²) in [6.45, 7) is 6.63. The van der Waals surface area contributed by atoms with E-state index in [4.69, 9.17) is 4.74 Å². The third-order valence-corrected chi connectivity index (χ3v) is 5.15. The molecule has 0 saturated heterocycles. The number of thioether (sulfide) groups is 1. The van der Waals surface area contributed by atoms with Gasteiger partial charge in [-0.2, -0.15) is 11.8 Å². The van der Waals surface area contributed by atoms with Crippen LogP contribution in [-0.2, 0) is 4.74 Å². The van der Waals surface area contributed by atoms with Crippen molar-refractivity contribution in [1.82, 2.24) is 5.32 Å². The maximum absolute atomic E-state index is 5.54. The van der Waals surface area contributed by atoms with E-state index < -0.39 is 0 Å². The Morgan fingerprint density at radius 2 is 2.19 bits per heavy atom. The van der Waals surface area contributed by atoms with Crippen molar-refractivity contribution in [2.24, 2.45) is 0 Å². The van der Waals surface area contributed by atoms with Gasteiger partial charge in [0.15, 0.2) is 0 Å². The molecule has 2 nitrogen and oxygen atoms in total. The quantitative estimate of drug-likeness (QED) is 0.742. The third-order valence-electron chi connectivity index (χ3n) is 3.56. The van der Waals surface area contributed by atoms with Gasteiger partial charge in [0, 0.05) is 17.8 Å². The molecule has 3 heteroatoms. The van der Waals surface area contributed by atoms with Crippen molar-refractivity contribution in [3.63, 3.8) is 0 Å². The summed E-state index contributed by atoms with van der Waals surface area (Å²) in [6, 6.07) is 0. The predicted octanol–water partition coefficient (Wildman–Crippen LogP) is 3.19. The van der Waals surface area contributed by atoms with Crippen LogP contribution < -0.4 is 5.32 Å². The maximum Gasteiger partial charge on any atom is 0.110 e. The smallest absolute Gasteiger partial charge is 0.110 e. The van der Waals surface area contributed by atoms with Crippen LogP contribution in [-0.4, -0.2) is 30.2 Å². The number of ether oxygens (including phenoxy) is 1. The first-order chi connectivity index (χ1) is 7.76. The van der Waals surface area contributed by atoms with Gasteiger partial charge in [-0.15, -0.1) is 0 Å². The minimum Gasteiger partial charge on any atom is -0.497 e. The van der Waals surface area contributed by atoms with Crippen molar-refractivity contribution >= 4 is 11.8 Å². The molecule has 1 aliphatic rings. The van der Waals surface area contributed by atoms with Crippen LogP contribution in [0.2, 0.25) is 0 Å². The molecule has 0 aromatic heterocycles. The first kappa shape index (κ1) is 13.9. The largest absolute Gasteiger partial charge is 0.497 e. The molecular formula is C13H25NOS. The Labute approximate surface area is 104 Å². The van der Waals surface area contributed by atoms with E-state index >= 15 is 0 Å². The Hall–Kier alpha value is -0.150. The Morgan fingerprint density at radius 1 is 1.44 bits per heavy atom. The van der Waals surface area contributed by atoms with Crippen molar-refractivity contribution in [3.05, 3.63) is 12.3 Å². The molecule has 0 saturated carbocycles. The SMILES string of the molecule is CCC(CC)(CNCC1CCC=CO1)SC. The van der Waals surface area contributed by atoms with E-state index in [2.05, 4.69) is 31.5 Å². The summed E-state index contributed by atoms with van der Waals surface area (Å²) in [5.74, 6) is 0. The molecule has 1 atom stereocenters. The molecule has 0 spiro atoms. The highest BCUT2D eigenvalue weighted by Gasteiger charge is 2.24. The second-order valence-corrected chi connectivity index (χ2v) is 5.71. The monoisotopic (exact) mass is 243 g/mol. The summed E-state index contributed by atoms with van der Waals surface area (Å²) in [6.07, 6.45) is 11.3. The zero-order chi connectivity index (χ0) is 11.9. The fraction of sp³-hybridized carbons (Fsp3) is 0.846. The number of hydrogen-bond acceptors (Lipinski definition) is 3. The summed E-state index contributed by atoms with van der Waals surface area (Å²) in [5, 5.41) is 3.57. The third kappa shape index (κ3) is 4.02. The lowest BCUT2D eigenvalue weighted by molar-refractivity contribution is 0.121. The van der Waals surface area contributed by atoms with E-state index in [1.54, 1.807) is 0 Å². The number of allylic oxidation sites excluding steroid dienone is 1. The lowest BCUT2D eigenvalue weighted by Gasteiger charge is -2.31. The molecule has 1 aliphatic heterocycles. The van der Waals surface area contributed by atoms with Gasteiger partial charge in [-0.05, 0) is 38.0 Å². The van der Waals surface area contributed by atoms with E-state index in [1.807, 2.05) is 18.0 Å². The van der Waals surface area contributed by atoms with Crippen LogP contribution in [0, 0.1) is 0 Å². The molecule has 0 aromatic carbocycles. The van der Waals surface area contributed by atoms with Crippen LogP contribution in [0.4, 0.5) is 0 Å². The molecule has 1 heterocycles. The lowest BCUT2D eigenvalue weighted by atomic mass is 10.0. The maximum atomic E-state index is 5.54. The van der Waals surface area contributed by atoms with Gasteiger partial charge in [-0.3, -0.25) is 0 Å². The van der Waals surface area contributed by atoms with Crippen LogP contribution in [0.1, 0.15) is 39.5 Å². The molecule has 16 heavy (non-hydrogen) atoms. The standard InChI is InChI=1S/C13H25NOS/c1-4-13(5-2,16-3)11-14-10-12-8-6-7-9-15-12/h7,9,12,14H,4-6,8,10-11H2,1-3H3. The molecule has 94 valence electrons. The van der Waals surface area contributed by atoms with Crippen molar-refractivity contribution in [2.75, 3.05) is 19.3 Å². The van der Waals surface area contributed by atoms with Crippen LogP contribution in [0.5, 0.6) is 0 Å². The molecule has 1 N–H and O–H groups in total. The summed E-state index contributed by atoms with van der Waals surface area (Å²) in [7, 11) is 0. The zero-order valence-corrected chi connectivity index (χ0v) is 11.6. The Balaban J connectivity index is 2.24. The van der Waals surface area contributed by atoms with Crippen molar-refractivity contribution in [3.8, 4) is 0 Å². The number of nitrogens with one attached hydrogen (secondary N) is 1. The van der Waals surface area contributed by atoms with Crippen molar-refractivity contribution in [1.29, 1.82) is 0 Å². The topological polar surface area (TPSA) is 21.3 Å². The number of hydrogen-bond donors (Lipinski definition) is 1. The van der Waals surface area contributed by atoms with E-state index in [-0.39, 0.29) is 0 Å². The molecule has 0 aliphatic carbocycles. The van der Waals surface area contributed by atoms with Gasteiger partial charge < -0.3 is 10.1 Å². The first-order valence-corrected chi connectivity index (χ1v) is 7.55. The van der Waals surface area contributed by atoms with Crippen LogP contribution >= 0.6 is 11.8 Å². The van der Waals surface area contributed by atoms with Gasteiger partial charge in [0.25, 0.3) is 0 Å². The number of rotatable bonds is 7. The molecule has 0 radical (unpaired) electrons. The van der Waals surface area contributed by atoms with Gasteiger partial charge in [0.1, 0.15) is 6.10 Å². The molecule has 1 unspecified atom stereocenters. The first-order valence-electron chi connectivity index (χ1n) is 6.32. The second-order valence-electron chi connectivity index (χ2n) is 4.43. The van der Waals surface area contributed by atoms with Crippen LogP contribution in [0.15, 0.2) is 12.3 Å². The van der Waals surface area contributed by atoms with Crippen LogP contribution in [0.25, 0.3) is 0 Å². The van der Waals surface area contributed by atoms with Gasteiger partial charge >= 0.3 is 0 Å². The minimum absolute atomic E-state index is 0.373. The molecule has 0 bridgehead atoms. The lowest BCUT2D eigenvalue weighted by Crippen LogP contribution is -2.40. The highest BCUT2D eigenvalue weighted by molar-refractivity contribution is 8.00. The van der Waals surface area contributed by atoms with Crippen molar-refractivity contribution < 1.29 is 4.74 Å². The van der Waals surface area contributed by atoms with E-state index in [0.717, 1.165) is 25.9 Å². The normalized spacial score (nSPS) is 20.8. The van der Waals surface area contributed by atoms with Gasteiger partial charge in [0.05, 0.1) is 6.26 Å². The van der Waals surface area contributed by atoms with Gasteiger partial charge in [0.2, 0.25) is 0 Å².